The highest BCUT2D eigenvalue weighted by Crippen LogP contribution is 2.16. The zero-order chi connectivity index (χ0) is 15.1. The molecule has 1 aromatic heterocycles. The SMILES string of the molecule is CCNc1nc(OCC)nc(OCc2cccc(Br)c2)n1. The Morgan fingerprint density at radius 3 is 2.52 bits per heavy atom. The molecule has 21 heavy (non-hydrogen) atoms. The van der Waals surface area contributed by atoms with Gasteiger partial charge in [0.25, 0.3) is 0 Å². The van der Waals surface area contributed by atoms with Crippen molar-refractivity contribution >= 4 is 21.9 Å². The second-order valence-electron chi connectivity index (χ2n) is 4.11. The third kappa shape index (κ3) is 4.86. The first-order chi connectivity index (χ1) is 10.2. The van der Waals surface area contributed by atoms with Gasteiger partial charge in [0.15, 0.2) is 0 Å². The minimum atomic E-state index is 0.240. The lowest BCUT2D eigenvalue weighted by molar-refractivity contribution is 0.261. The summed E-state index contributed by atoms with van der Waals surface area (Å²) in [6.07, 6.45) is 0. The van der Waals surface area contributed by atoms with E-state index in [4.69, 9.17) is 9.47 Å². The van der Waals surface area contributed by atoms with Crippen LogP contribution in [0.25, 0.3) is 0 Å². The number of nitrogens with zero attached hydrogens (tertiary/aromatic N) is 3. The van der Waals surface area contributed by atoms with Gasteiger partial charge in [-0.25, -0.2) is 0 Å². The van der Waals surface area contributed by atoms with Crippen LogP contribution in [0.5, 0.6) is 12.0 Å². The Labute approximate surface area is 132 Å². The van der Waals surface area contributed by atoms with Gasteiger partial charge in [0.05, 0.1) is 6.61 Å². The van der Waals surface area contributed by atoms with Crippen LogP contribution < -0.4 is 14.8 Å². The Morgan fingerprint density at radius 2 is 1.86 bits per heavy atom. The van der Waals surface area contributed by atoms with Crippen molar-refractivity contribution in [2.45, 2.75) is 20.5 Å². The third-order valence-corrected chi connectivity index (χ3v) is 2.95. The summed E-state index contributed by atoms with van der Waals surface area (Å²) in [5, 5.41) is 3.02. The molecule has 7 heteroatoms. The van der Waals surface area contributed by atoms with Crippen molar-refractivity contribution in [3.05, 3.63) is 34.3 Å². The van der Waals surface area contributed by atoms with Crippen molar-refractivity contribution in [2.75, 3.05) is 18.5 Å². The molecule has 0 saturated carbocycles. The van der Waals surface area contributed by atoms with E-state index in [2.05, 4.69) is 36.2 Å². The van der Waals surface area contributed by atoms with Crippen molar-refractivity contribution in [3.8, 4) is 12.0 Å². The van der Waals surface area contributed by atoms with Crippen molar-refractivity contribution < 1.29 is 9.47 Å². The summed E-state index contributed by atoms with van der Waals surface area (Å²) in [7, 11) is 0. The number of benzene rings is 1. The van der Waals surface area contributed by atoms with Gasteiger partial charge in [0.2, 0.25) is 5.95 Å². The zero-order valence-electron chi connectivity index (χ0n) is 12.0. The molecule has 0 spiro atoms. The van der Waals surface area contributed by atoms with Gasteiger partial charge < -0.3 is 14.8 Å². The summed E-state index contributed by atoms with van der Waals surface area (Å²) in [4.78, 5) is 12.5. The van der Waals surface area contributed by atoms with Gasteiger partial charge >= 0.3 is 12.0 Å². The average molecular weight is 353 g/mol. The summed E-state index contributed by atoms with van der Waals surface area (Å²) in [6, 6.07) is 8.36. The van der Waals surface area contributed by atoms with E-state index in [1.807, 2.05) is 38.1 Å². The van der Waals surface area contributed by atoms with E-state index in [0.29, 0.717) is 25.7 Å². The highest BCUT2D eigenvalue weighted by molar-refractivity contribution is 9.10. The number of anilines is 1. The van der Waals surface area contributed by atoms with Gasteiger partial charge in [-0.3, -0.25) is 0 Å². The molecule has 112 valence electrons. The van der Waals surface area contributed by atoms with E-state index >= 15 is 0 Å². The molecular weight excluding hydrogens is 336 g/mol. The van der Waals surface area contributed by atoms with Crippen molar-refractivity contribution in [2.24, 2.45) is 0 Å². The first-order valence-electron chi connectivity index (χ1n) is 6.71. The van der Waals surface area contributed by atoms with Crippen LogP contribution in [0.15, 0.2) is 28.7 Å². The molecule has 2 aromatic rings. The van der Waals surface area contributed by atoms with Crippen LogP contribution in [0.4, 0.5) is 5.95 Å². The van der Waals surface area contributed by atoms with E-state index in [9.17, 15) is 0 Å². The molecule has 0 fully saturated rings. The summed E-state index contributed by atoms with van der Waals surface area (Å²) in [5.74, 6) is 0.445. The van der Waals surface area contributed by atoms with Gasteiger partial charge in [-0.15, -0.1) is 4.98 Å². The molecule has 0 atom stereocenters. The average Bonchev–Trinajstić information content (AvgIpc) is 2.46. The normalized spacial score (nSPS) is 10.2. The lowest BCUT2D eigenvalue weighted by atomic mass is 10.2. The van der Waals surface area contributed by atoms with Gasteiger partial charge in [0, 0.05) is 11.0 Å². The predicted octanol–water partition coefficient (Wildman–Crippen LogP) is 3.04. The Morgan fingerprint density at radius 1 is 1.10 bits per heavy atom. The van der Waals surface area contributed by atoms with Crippen LogP contribution in [0.1, 0.15) is 19.4 Å². The van der Waals surface area contributed by atoms with Gasteiger partial charge in [0.1, 0.15) is 6.61 Å². The van der Waals surface area contributed by atoms with Gasteiger partial charge in [-0.1, -0.05) is 28.1 Å². The predicted molar refractivity (Wildman–Crippen MR) is 83.6 cm³/mol. The molecule has 0 aliphatic heterocycles. The number of rotatable bonds is 7. The fourth-order valence-corrected chi connectivity index (χ4v) is 2.05. The van der Waals surface area contributed by atoms with Gasteiger partial charge in [-0.05, 0) is 31.5 Å². The lowest BCUT2D eigenvalue weighted by Gasteiger charge is -2.09. The maximum atomic E-state index is 5.62. The molecule has 6 nitrogen and oxygen atoms in total. The minimum absolute atomic E-state index is 0.240. The molecule has 1 N–H and O–H groups in total. The van der Waals surface area contributed by atoms with E-state index in [1.165, 1.54) is 0 Å². The standard InChI is InChI=1S/C14H17BrN4O2/c1-3-16-12-17-13(20-4-2)19-14(18-12)21-9-10-6-5-7-11(15)8-10/h5-8H,3-4,9H2,1-2H3,(H,16,17,18,19). The molecule has 1 aromatic carbocycles. The second kappa shape index (κ2) is 7.78. The molecule has 0 radical (unpaired) electrons. The molecule has 0 amide bonds. The first kappa shape index (κ1) is 15.5. The number of ether oxygens (including phenoxy) is 2. The van der Waals surface area contributed by atoms with Crippen LogP contribution in [0.2, 0.25) is 0 Å². The van der Waals surface area contributed by atoms with E-state index in [1.54, 1.807) is 0 Å². The Kier molecular flexibility index (Phi) is 5.74. The van der Waals surface area contributed by atoms with Crippen molar-refractivity contribution in [1.29, 1.82) is 0 Å². The van der Waals surface area contributed by atoms with Gasteiger partial charge in [-0.2, -0.15) is 9.97 Å². The summed E-state index contributed by atoms with van der Waals surface area (Å²) in [6.45, 7) is 5.41. The first-order valence-corrected chi connectivity index (χ1v) is 7.50. The lowest BCUT2D eigenvalue weighted by Crippen LogP contribution is -2.09. The van der Waals surface area contributed by atoms with E-state index in [0.717, 1.165) is 10.0 Å². The molecule has 2 rings (SSSR count). The number of nitrogens with one attached hydrogen (secondary N) is 1. The molecule has 1 heterocycles. The van der Waals surface area contributed by atoms with Crippen LogP contribution in [0.3, 0.4) is 0 Å². The minimum Gasteiger partial charge on any atom is -0.464 e. The van der Waals surface area contributed by atoms with Crippen LogP contribution in [-0.4, -0.2) is 28.1 Å². The topological polar surface area (TPSA) is 69.2 Å². The quantitative estimate of drug-likeness (QED) is 0.825. The number of aromatic nitrogens is 3. The van der Waals surface area contributed by atoms with E-state index < -0.39 is 0 Å². The summed E-state index contributed by atoms with van der Waals surface area (Å²) < 4.78 is 11.9. The van der Waals surface area contributed by atoms with Crippen LogP contribution >= 0.6 is 15.9 Å². The second-order valence-corrected chi connectivity index (χ2v) is 5.02. The maximum Gasteiger partial charge on any atom is 0.324 e. The molecular formula is C14H17BrN4O2. The summed E-state index contributed by atoms with van der Waals surface area (Å²) in [5.41, 5.74) is 1.02. The highest BCUT2D eigenvalue weighted by Gasteiger charge is 2.08. The number of hydrogen-bond donors (Lipinski definition) is 1. The highest BCUT2D eigenvalue weighted by atomic mass is 79.9. The summed E-state index contributed by atoms with van der Waals surface area (Å²) >= 11 is 3.43. The fourth-order valence-electron chi connectivity index (χ4n) is 1.61. The van der Waals surface area contributed by atoms with Crippen molar-refractivity contribution in [3.63, 3.8) is 0 Å². The third-order valence-electron chi connectivity index (χ3n) is 2.46. The van der Waals surface area contributed by atoms with Crippen LogP contribution in [0, 0.1) is 0 Å². The molecule has 0 bridgehead atoms. The van der Waals surface area contributed by atoms with E-state index in [-0.39, 0.29) is 12.0 Å². The Bertz CT molecular complexity index is 571. The monoisotopic (exact) mass is 352 g/mol. The molecule has 0 unspecified atom stereocenters. The smallest absolute Gasteiger partial charge is 0.324 e. The number of hydrogen-bond acceptors (Lipinski definition) is 6. The Balaban J connectivity index is 2.10. The molecule has 0 saturated heterocycles. The van der Waals surface area contributed by atoms with Crippen LogP contribution in [-0.2, 0) is 6.61 Å². The molecule has 0 aliphatic carbocycles. The number of halogens is 1. The maximum absolute atomic E-state index is 5.62. The largest absolute Gasteiger partial charge is 0.464 e. The fraction of sp³-hybridized carbons (Fsp3) is 0.357. The zero-order valence-corrected chi connectivity index (χ0v) is 13.6. The Hall–Kier alpha value is -1.89. The molecule has 0 aliphatic rings. The van der Waals surface area contributed by atoms with Crippen molar-refractivity contribution in [1.82, 2.24) is 15.0 Å².